The molecule has 0 radical (unpaired) electrons. The molecule has 5 atom stereocenters. The summed E-state index contributed by atoms with van der Waals surface area (Å²) in [7, 11) is 1.30. The van der Waals surface area contributed by atoms with Crippen molar-refractivity contribution in [1.82, 2.24) is 0 Å². The molecule has 0 aromatic heterocycles. The molecule has 2 aromatic rings. The second-order valence-electron chi connectivity index (χ2n) is 7.63. The predicted octanol–water partition coefficient (Wildman–Crippen LogP) is 3.30. The molecule has 0 amide bonds. The minimum absolute atomic E-state index is 0.0555. The van der Waals surface area contributed by atoms with Crippen LogP contribution in [0, 0.1) is 11.6 Å². The molecule has 1 fully saturated rings. The fraction of sp³-hybridized carbons (Fsp3) is 0.478. The highest BCUT2D eigenvalue weighted by molar-refractivity contribution is 6.31. The van der Waals surface area contributed by atoms with Crippen molar-refractivity contribution in [3.8, 4) is 5.75 Å². The molecule has 32 heavy (non-hydrogen) atoms. The quantitative estimate of drug-likeness (QED) is 0.573. The molecule has 3 rings (SSSR count). The van der Waals surface area contributed by atoms with Crippen LogP contribution < -0.4 is 4.74 Å². The van der Waals surface area contributed by atoms with Crippen LogP contribution in [0.1, 0.15) is 37.0 Å². The lowest BCUT2D eigenvalue weighted by atomic mass is 9.86. The summed E-state index contributed by atoms with van der Waals surface area (Å²) in [5.74, 6) is -4.10. The summed E-state index contributed by atoms with van der Waals surface area (Å²) in [4.78, 5) is 0. The van der Waals surface area contributed by atoms with E-state index in [1.54, 1.807) is 26.0 Å². The monoisotopic (exact) mass is 472 g/mol. The Morgan fingerprint density at radius 2 is 1.75 bits per heavy atom. The highest BCUT2D eigenvalue weighted by atomic mass is 35.5. The Hall–Kier alpha value is -1.81. The highest BCUT2D eigenvalue weighted by Crippen LogP contribution is 2.41. The number of ether oxygens (including phenoxy) is 3. The summed E-state index contributed by atoms with van der Waals surface area (Å²) in [5.41, 5.74) is 0.791. The van der Waals surface area contributed by atoms with Gasteiger partial charge in [0.05, 0.1) is 12.7 Å². The van der Waals surface area contributed by atoms with Crippen LogP contribution in [0.2, 0.25) is 5.02 Å². The first-order chi connectivity index (χ1) is 15.2. The zero-order valence-corrected chi connectivity index (χ0v) is 18.8. The number of hydrogen-bond donors (Lipinski definition) is 3. The molecular weight excluding hydrogens is 446 g/mol. The predicted molar refractivity (Wildman–Crippen MR) is 114 cm³/mol. The summed E-state index contributed by atoms with van der Waals surface area (Å²) in [5, 5.41) is 31.6. The van der Waals surface area contributed by atoms with Crippen LogP contribution in [0.4, 0.5) is 8.78 Å². The Labute approximate surface area is 190 Å². The normalized spacial score (nSPS) is 28.0. The number of benzene rings is 2. The molecule has 1 aliphatic rings. The summed E-state index contributed by atoms with van der Waals surface area (Å²) in [6.07, 6.45) is -4.94. The lowest BCUT2D eigenvalue weighted by Crippen LogP contribution is -2.63. The Morgan fingerprint density at radius 3 is 2.38 bits per heavy atom. The lowest BCUT2D eigenvalue weighted by Gasteiger charge is -2.48. The van der Waals surface area contributed by atoms with Gasteiger partial charge in [-0.15, -0.1) is 0 Å². The lowest BCUT2D eigenvalue weighted by molar-refractivity contribution is -0.363. The molecule has 1 heterocycles. The van der Waals surface area contributed by atoms with E-state index in [0.717, 1.165) is 0 Å². The number of aliphatic hydroxyl groups excluding tert-OH is 3. The third-order valence-corrected chi connectivity index (χ3v) is 6.10. The summed E-state index contributed by atoms with van der Waals surface area (Å²) in [6.45, 7) is 3.63. The maximum Gasteiger partial charge on any atom is 0.224 e. The van der Waals surface area contributed by atoms with Gasteiger partial charge in [0.1, 0.15) is 18.3 Å². The Bertz CT molecular complexity index is 956. The van der Waals surface area contributed by atoms with Crippen LogP contribution in [0.3, 0.4) is 0 Å². The van der Waals surface area contributed by atoms with E-state index in [4.69, 9.17) is 25.8 Å². The first kappa shape index (κ1) is 24.8. The van der Waals surface area contributed by atoms with Gasteiger partial charge < -0.3 is 29.5 Å². The fourth-order valence-corrected chi connectivity index (χ4v) is 4.14. The molecule has 2 aromatic carbocycles. The summed E-state index contributed by atoms with van der Waals surface area (Å²) >= 11 is 6.32. The SMILES string of the molecule is CCOc1ccc(Cc2cc([C@]3(OC)O[C@H](CC)[C@@H](O)[C@H](O)[C@H]3O)ccc2Cl)c(F)c1F. The van der Waals surface area contributed by atoms with Gasteiger partial charge in [0.2, 0.25) is 11.6 Å². The van der Waals surface area contributed by atoms with Crippen LogP contribution in [0.25, 0.3) is 0 Å². The van der Waals surface area contributed by atoms with Gasteiger partial charge >= 0.3 is 0 Å². The van der Waals surface area contributed by atoms with Crippen molar-refractivity contribution in [2.75, 3.05) is 13.7 Å². The van der Waals surface area contributed by atoms with E-state index in [0.29, 0.717) is 17.5 Å². The first-order valence-corrected chi connectivity index (χ1v) is 10.7. The van der Waals surface area contributed by atoms with E-state index in [-0.39, 0.29) is 29.4 Å². The summed E-state index contributed by atoms with van der Waals surface area (Å²) < 4.78 is 45.4. The van der Waals surface area contributed by atoms with Crippen LogP contribution in [0.15, 0.2) is 30.3 Å². The van der Waals surface area contributed by atoms with Crippen molar-refractivity contribution in [2.24, 2.45) is 0 Å². The second-order valence-corrected chi connectivity index (χ2v) is 8.04. The van der Waals surface area contributed by atoms with Gasteiger partial charge in [0.25, 0.3) is 0 Å². The van der Waals surface area contributed by atoms with Crippen molar-refractivity contribution in [3.05, 3.63) is 63.7 Å². The van der Waals surface area contributed by atoms with Crippen LogP contribution in [0.5, 0.6) is 5.75 Å². The second kappa shape index (κ2) is 9.99. The molecule has 176 valence electrons. The van der Waals surface area contributed by atoms with Gasteiger partial charge in [0.15, 0.2) is 11.6 Å². The minimum atomic E-state index is -1.79. The minimum Gasteiger partial charge on any atom is -0.491 e. The van der Waals surface area contributed by atoms with Crippen LogP contribution >= 0.6 is 11.6 Å². The molecule has 1 saturated heterocycles. The highest BCUT2D eigenvalue weighted by Gasteiger charge is 2.54. The van der Waals surface area contributed by atoms with Gasteiger partial charge in [-0.25, -0.2) is 4.39 Å². The van der Waals surface area contributed by atoms with E-state index in [9.17, 15) is 24.1 Å². The maximum absolute atomic E-state index is 14.6. The number of aliphatic hydroxyl groups is 3. The number of halogens is 3. The van der Waals surface area contributed by atoms with Crippen molar-refractivity contribution in [3.63, 3.8) is 0 Å². The van der Waals surface area contributed by atoms with E-state index in [1.165, 1.54) is 25.3 Å². The van der Waals surface area contributed by atoms with Gasteiger partial charge in [-0.3, -0.25) is 0 Å². The molecule has 0 spiro atoms. The van der Waals surface area contributed by atoms with E-state index in [1.807, 2.05) is 0 Å². The van der Waals surface area contributed by atoms with Gasteiger partial charge in [-0.05, 0) is 42.7 Å². The smallest absolute Gasteiger partial charge is 0.224 e. The van der Waals surface area contributed by atoms with Crippen molar-refractivity contribution >= 4 is 11.6 Å². The average molecular weight is 473 g/mol. The van der Waals surface area contributed by atoms with Gasteiger partial charge in [-0.1, -0.05) is 30.7 Å². The average Bonchev–Trinajstić information content (AvgIpc) is 2.79. The largest absolute Gasteiger partial charge is 0.491 e. The summed E-state index contributed by atoms with van der Waals surface area (Å²) in [6, 6.07) is 7.37. The molecule has 1 aliphatic heterocycles. The Kier molecular flexibility index (Phi) is 7.75. The fourth-order valence-electron chi connectivity index (χ4n) is 3.95. The van der Waals surface area contributed by atoms with E-state index in [2.05, 4.69) is 0 Å². The molecule has 0 saturated carbocycles. The van der Waals surface area contributed by atoms with E-state index >= 15 is 0 Å². The third-order valence-electron chi connectivity index (χ3n) is 5.73. The first-order valence-electron chi connectivity index (χ1n) is 10.4. The molecule has 0 bridgehead atoms. The molecule has 6 nitrogen and oxygen atoms in total. The topological polar surface area (TPSA) is 88.4 Å². The van der Waals surface area contributed by atoms with Gasteiger partial charge in [-0.2, -0.15) is 4.39 Å². The molecular formula is C23H27ClF2O6. The van der Waals surface area contributed by atoms with Crippen LogP contribution in [-0.4, -0.2) is 53.5 Å². The van der Waals surface area contributed by atoms with Gasteiger partial charge in [0, 0.05) is 24.1 Å². The molecule has 9 heteroatoms. The zero-order valence-electron chi connectivity index (χ0n) is 18.0. The maximum atomic E-state index is 14.6. The molecule has 3 N–H and O–H groups in total. The molecule has 0 unspecified atom stereocenters. The van der Waals surface area contributed by atoms with Crippen molar-refractivity contribution < 1.29 is 38.3 Å². The third kappa shape index (κ3) is 4.35. The van der Waals surface area contributed by atoms with Crippen LogP contribution in [-0.2, 0) is 21.7 Å². The van der Waals surface area contributed by atoms with Crippen molar-refractivity contribution in [1.29, 1.82) is 0 Å². The standard InChI is InChI=1S/C23H27ClF2O6/c1-4-16-20(27)21(28)22(29)23(30-3,32-16)14-7-8-15(24)13(11-14)10-12-6-9-17(31-5-2)19(26)18(12)25/h6-9,11,16,20-22,27-29H,4-5,10H2,1-3H3/t16-,20-,21+,22-,23+/m1/s1. The zero-order chi connectivity index (χ0) is 23.6. The Balaban J connectivity index is 2.01. The molecule has 0 aliphatic carbocycles. The van der Waals surface area contributed by atoms with Crippen molar-refractivity contribution in [2.45, 2.75) is 56.9 Å². The number of rotatable bonds is 7. The number of hydrogen-bond acceptors (Lipinski definition) is 6. The number of methoxy groups -OCH3 is 1. The van der Waals surface area contributed by atoms with E-state index < -0.39 is 41.8 Å². The Morgan fingerprint density at radius 1 is 1.03 bits per heavy atom.